The number of benzene rings is 1. The zero-order chi connectivity index (χ0) is 16.8. The van der Waals surface area contributed by atoms with Crippen molar-refractivity contribution in [3.05, 3.63) is 54.5 Å². The lowest BCUT2D eigenvalue weighted by molar-refractivity contribution is 0.0946. The van der Waals surface area contributed by atoms with E-state index in [0.29, 0.717) is 18.2 Å². The van der Waals surface area contributed by atoms with Crippen LogP contribution in [0.25, 0.3) is 16.9 Å². The van der Waals surface area contributed by atoms with E-state index in [1.807, 2.05) is 34.9 Å². The molecule has 0 saturated heterocycles. The molecule has 0 saturated carbocycles. The molecule has 2 heterocycles. The fraction of sp³-hybridized carbons (Fsp3) is 0.316. The SMILES string of the molecule is CCCCCCNC(=O)c1cc2ccccc2n1-c1ncccn1. The minimum atomic E-state index is -0.0878. The lowest BCUT2D eigenvalue weighted by atomic mass is 10.2. The second-order valence-corrected chi connectivity index (χ2v) is 5.79. The molecule has 5 heteroatoms. The van der Waals surface area contributed by atoms with Crippen LogP contribution >= 0.6 is 0 Å². The van der Waals surface area contributed by atoms with Crippen LogP contribution in [0.3, 0.4) is 0 Å². The Morgan fingerprint density at radius 2 is 1.88 bits per heavy atom. The van der Waals surface area contributed by atoms with Crippen molar-refractivity contribution in [3.63, 3.8) is 0 Å². The summed E-state index contributed by atoms with van der Waals surface area (Å²) in [5, 5.41) is 4.01. The molecular formula is C19H22N4O. The number of fused-ring (bicyclic) bond motifs is 1. The van der Waals surface area contributed by atoms with Gasteiger partial charge in [0.2, 0.25) is 5.95 Å². The van der Waals surface area contributed by atoms with E-state index in [1.165, 1.54) is 12.8 Å². The average Bonchev–Trinajstić information content (AvgIpc) is 3.02. The molecule has 3 aromatic rings. The summed E-state index contributed by atoms with van der Waals surface area (Å²) in [6.45, 7) is 2.87. The van der Waals surface area contributed by atoms with Crippen LogP contribution in [-0.4, -0.2) is 27.0 Å². The molecule has 0 fully saturated rings. The number of carbonyl (C=O) groups excluding carboxylic acids is 1. The molecule has 0 aliphatic heterocycles. The van der Waals surface area contributed by atoms with Gasteiger partial charge in [-0.2, -0.15) is 0 Å². The fourth-order valence-electron chi connectivity index (χ4n) is 2.79. The Labute approximate surface area is 141 Å². The Balaban J connectivity index is 1.88. The largest absolute Gasteiger partial charge is 0.351 e. The molecule has 1 amide bonds. The summed E-state index contributed by atoms with van der Waals surface area (Å²) in [6, 6.07) is 11.5. The molecule has 0 aliphatic rings. The lowest BCUT2D eigenvalue weighted by Crippen LogP contribution is -2.26. The van der Waals surface area contributed by atoms with Gasteiger partial charge in [0.15, 0.2) is 0 Å². The normalized spacial score (nSPS) is 10.9. The predicted octanol–water partition coefficient (Wildman–Crippen LogP) is 3.73. The monoisotopic (exact) mass is 322 g/mol. The highest BCUT2D eigenvalue weighted by Gasteiger charge is 2.17. The van der Waals surface area contributed by atoms with Gasteiger partial charge in [0.05, 0.1) is 5.52 Å². The second kappa shape index (κ2) is 7.73. The number of nitrogens with zero attached hydrogens (tertiary/aromatic N) is 3. The number of nitrogens with one attached hydrogen (secondary N) is 1. The quantitative estimate of drug-likeness (QED) is 0.674. The molecule has 3 rings (SSSR count). The van der Waals surface area contributed by atoms with Crippen molar-refractivity contribution in [1.82, 2.24) is 19.9 Å². The summed E-state index contributed by atoms with van der Waals surface area (Å²) < 4.78 is 1.82. The van der Waals surface area contributed by atoms with Gasteiger partial charge in [-0.15, -0.1) is 0 Å². The molecular weight excluding hydrogens is 300 g/mol. The van der Waals surface area contributed by atoms with Gasteiger partial charge >= 0.3 is 0 Å². The number of hydrogen-bond donors (Lipinski definition) is 1. The van der Waals surface area contributed by atoms with Gasteiger partial charge in [0.1, 0.15) is 5.69 Å². The molecule has 5 nitrogen and oxygen atoms in total. The third-order valence-corrected chi connectivity index (χ3v) is 4.01. The van der Waals surface area contributed by atoms with Gasteiger partial charge in [-0.05, 0) is 24.6 Å². The Morgan fingerprint density at radius 1 is 1.08 bits per heavy atom. The number of carbonyl (C=O) groups is 1. The minimum absolute atomic E-state index is 0.0878. The lowest BCUT2D eigenvalue weighted by Gasteiger charge is -2.09. The summed E-state index contributed by atoms with van der Waals surface area (Å²) >= 11 is 0. The van der Waals surface area contributed by atoms with Gasteiger partial charge in [0.25, 0.3) is 5.91 Å². The average molecular weight is 322 g/mol. The Morgan fingerprint density at radius 3 is 2.67 bits per heavy atom. The molecule has 2 aromatic heterocycles. The molecule has 0 unspecified atom stereocenters. The van der Waals surface area contributed by atoms with Gasteiger partial charge in [-0.1, -0.05) is 44.4 Å². The van der Waals surface area contributed by atoms with Crippen molar-refractivity contribution in [1.29, 1.82) is 0 Å². The molecule has 1 aromatic carbocycles. The van der Waals surface area contributed by atoms with Gasteiger partial charge < -0.3 is 5.32 Å². The van der Waals surface area contributed by atoms with Crippen molar-refractivity contribution >= 4 is 16.8 Å². The van der Waals surface area contributed by atoms with E-state index in [-0.39, 0.29) is 5.91 Å². The first-order chi connectivity index (χ1) is 11.8. The van der Waals surface area contributed by atoms with Crippen LogP contribution in [0.4, 0.5) is 0 Å². The maximum Gasteiger partial charge on any atom is 0.268 e. The van der Waals surface area contributed by atoms with E-state index in [9.17, 15) is 4.79 Å². The Kier molecular flexibility index (Phi) is 5.21. The van der Waals surface area contributed by atoms with E-state index < -0.39 is 0 Å². The van der Waals surface area contributed by atoms with Crippen LogP contribution in [0.5, 0.6) is 0 Å². The molecule has 0 aliphatic carbocycles. The molecule has 0 atom stereocenters. The number of aromatic nitrogens is 3. The molecule has 1 N–H and O–H groups in total. The topological polar surface area (TPSA) is 59.8 Å². The maximum absolute atomic E-state index is 12.7. The highest BCUT2D eigenvalue weighted by Crippen LogP contribution is 2.22. The first-order valence-corrected chi connectivity index (χ1v) is 8.47. The highest BCUT2D eigenvalue weighted by molar-refractivity contribution is 5.99. The Bertz CT molecular complexity index is 811. The third-order valence-electron chi connectivity index (χ3n) is 4.01. The zero-order valence-electron chi connectivity index (χ0n) is 13.9. The van der Waals surface area contributed by atoms with E-state index in [2.05, 4.69) is 22.2 Å². The van der Waals surface area contributed by atoms with E-state index in [0.717, 1.165) is 23.7 Å². The predicted molar refractivity (Wildman–Crippen MR) is 95.3 cm³/mol. The standard InChI is InChI=1S/C19H22N4O/c1-2-3-4-7-11-20-18(24)17-14-15-9-5-6-10-16(15)23(17)19-21-12-8-13-22-19/h5-6,8-10,12-14H,2-4,7,11H2,1H3,(H,20,24). The molecule has 0 bridgehead atoms. The zero-order valence-corrected chi connectivity index (χ0v) is 13.9. The van der Waals surface area contributed by atoms with E-state index >= 15 is 0 Å². The minimum Gasteiger partial charge on any atom is -0.351 e. The van der Waals surface area contributed by atoms with Gasteiger partial charge in [-0.25, -0.2) is 9.97 Å². The van der Waals surface area contributed by atoms with Crippen molar-refractivity contribution in [2.45, 2.75) is 32.6 Å². The van der Waals surface area contributed by atoms with Gasteiger partial charge in [0, 0.05) is 24.3 Å². The summed E-state index contributed by atoms with van der Waals surface area (Å²) in [6.07, 6.45) is 7.90. The van der Waals surface area contributed by atoms with Crippen molar-refractivity contribution in [2.24, 2.45) is 0 Å². The van der Waals surface area contributed by atoms with Gasteiger partial charge in [-0.3, -0.25) is 9.36 Å². The second-order valence-electron chi connectivity index (χ2n) is 5.79. The van der Waals surface area contributed by atoms with Crippen molar-refractivity contribution < 1.29 is 4.79 Å². The molecule has 0 radical (unpaired) electrons. The van der Waals surface area contributed by atoms with Crippen LogP contribution in [0, 0.1) is 0 Å². The summed E-state index contributed by atoms with van der Waals surface area (Å²) in [5.41, 5.74) is 1.50. The molecule has 0 spiro atoms. The van der Waals surface area contributed by atoms with E-state index in [4.69, 9.17) is 0 Å². The summed E-state index contributed by atoms with van der Waals surface area (Å²) in [5.74, 6) is 0.421. The van der Waals surface area contributed by atoms with Crippen LogP contribution in [0.1, 0.15) is 43.1 Å². The maximum atomic E-state index is 12.7. The Hall–Kier alpha value is -2.69. The van der Waals surface area contributed by atoms with Crippen LogP contribution in [0.15, 0.2) is 48.8 Å². The van der Waals surface area contributed by atoms with Crippen molar-refractivity contribution in [2.75, 3.05) is 6.54 Å². The number of para-hydroxylation sites is 1. The summed E-state index contributed by atoms with van der Waals surface area (Å²) in [4.78, 5) is 21.3. The van der Waals surface area contributed by atoms with E-state index in [1.54, 1.807) is 18.5 Å². The number of hydrogen-bond acceptors (Lipinski definition) is 3. The number of rotatable bonds is 7. The molecule has 124 valence electrons. The summed E-state index contributed by atoms with van der Waals surface area (Å²) in [7, 11) is 0. The highest BCUT2D eigenvalue weighted by atomic mass is 16.1. The third kappa shape index (κ3) is 3.45. The first-order valence-electron chi connectivity index (χ1n) is 8.47. The smallest absolute Gasteiger partial charge is 0.268 e. The van der Waals surface area contributed by atoms with Crippen LogP contribution in [-0.2, 0) is 0 Å². The first kappa shape index (κ1) is 16.2. The van der Waals surface area contributed by atoms with Crippen molar-refractivity contribution in [3.8, 4) is 5.95 Å². The van der Waals surface area contributed by atoms with Crippen LogP contribution < -0.4 is 5.32 Å². The molecule has 24 heavy (non-hydrogen) atoms. The number of unbranched alkanes of at least 4 members (excludes halogenated alkanes) is 3. The van der Waals surface area contributed by atoms with Crippen LogP contribution in [0.2, 0.25) is 0 Å². The fourth-order valence-corrected chi connectivity index (χ4v) is 2.79. The number of amides is 1.